The molecule has 4 nitrogen and oxygen atoms in total. The lowest BCUT2D eigenvalue weighted by molar-refractivity contribution is -0.132. The van der Waals surface area contributed by atoms with E-state index in [0.29, 0.717) is 29.0 Å². The molecule has 1 fully saturated rings. The largest absolute Gasteiger partial charge is 0.438 e. The van der Waals surface area contributed by atoms with Crippen LogP contribution in [0.5, 0.6) is 0 Å². The number of hydrogen-bond acceptors (Lipinski definition) is 3. The molecule has 1 unspecified atom stereocenters. The van der Waals surface area contributed by atoms with E-state index in [9.17, 15) is 9.18 Å². The molecule has 0 bridgehead atoms. The van der Waals surface area contributed by atoms with Gasteiger partial charge in [-0.25, -0.2) is 9.37 Å². The molecule has 140 valence electrons. The fourth-order valence-corrected chi connectivity index (χ4v) is 3.74. The molecule has 0 N–H and O–H groups in total. The summed E-state index contributed by atoms with van der Waals surface area (Å²) in [6.45, 7) is 2.84. The summed E-state index contributed by atoms with van der Waals surface area (Å²) in [7, 11) is 0. The molecule has 1 aliphatic heterocycles. The van der Waals surface area contributed by atoms with Gasteiger partial charge in [-0.1, -0.05) is 37.6 Å². The molecule has 1 atom stereocenters. The van der Waals surface area contributed by atoms with Gasteiger partial charge in [0.05, 0.1) is 0 Å². The molecule has 0 aliphatic carbocycles. The van der Waals surface area contributed by atoms with Gasteiger partial charge in [0.15, 0.2) is 5.58 Å². The smallest absolute Gasteiger partial charge is 0.223 e. The third-order valence-electron chi connectivity index (χ3n) is 5.19. The predicted molar refractivity (Wildman–Crippen MR) is 103 cm³/mol. The molecule has 2 heterocycles. The van der Waals surface area contributed by atoms with E-state index >= 15 is 0 Å². The van der Waals surface area contributed by atoms with Crippen LogP contribution >= 0.6 is 0 Å². The topological polar surface area (TPSA) is 46.3 Å². The highest BCUT2D eigenvalue weighted by atomic mass is 19.1. The van der Waals surface area contributed by atoms with Crippen molar-refractivity contribution in [2.45, 2.75) is 45.1 Å². The first-order chi connectivity index (χ1) is 13.2. The molecule has 5 heteroatoms. The summed E-state index contributed by atoms with van der Waals surface area (Å²) in [5.41, 5.74) is 2.67. The zero-order valence-electron chi connectivity index (χ0n) is 15.5. The summed E-state index contributed by atoms with van der Waals surface area (Å²) in [6, 6.07) is 12.1. The van der Waals surface area contributed by atoms with Gasteiger partial charge in [-0.05, 0) is 43.0 Å². The van der Waals surface area contributed by atoms with E-state index in [2.05, 4.69) is 11.9 Å². The maximum Gasteiger partial charge on any atom is 0.223 e. The summed E-state index contributed by atoms with van der Waals surface area (Å²) >= 11 is 0. The van der Waals surface area contributed by atoms with Crippen LogP contribution in [0, 0.1) is 5.82 Å². The first-order valence-corrected chi connectivity index (χ1v) is 9.62. The van der Waals surface area contributed by atoms with E-state index in [0.717, 1.165) is 37.8 Å². The number of nitrogens with zero attached hydrogens (tertiary/aromatic N) is 2. The van der Waals surface area contributed by atoms with Gasteiger partial charge < -0.3 is 9.32 Å². The SMILES string of the molecule is CCCCC(=O)N1CCCC1c1nc2cc(-c3ccccc3F)ccc2o1. The van der Waals surface area contributed by atoms with Crippen LogP contribution < -0.4 is 0 Å². The second-order valence-electron chi connectivity index (χ2n) is 7.06. The van der Waals surface area contributed by atoms with Gasteiger partial charge in [-0.15, -0.1) is 0 Å². The molecular weight excluding hydrogens is 343 g/mol. The number of benzene rings is 2. The number of carbonyl (C=O) groups is 1. The Morgan fingerprint density at radius 3 is 2.96 bits per heavy atom. The number of aromatic nitrogens is 1. The van der Waals surface area contributed by atoms with Gasteiger partial charge in [0.25, 0.3) is 0 Å². The predicted octanol–water partition coefficient (Wildman–Crippen LogP) is 5.49. The molecule has 1 amide bonds. The molecule has 1 aliphatic rings. The van der Waals surface area contributed by atoms with Crippen molar-refractivity contribution in [3.63, 3.8) is 0 Å². The monoisotopic (exact) mass is 366 g/mol. The molecule has 0 radical (unpaired) electrons. The number of rotatable bonds is 5. The van der Waals surface area contributed by atoms with Crippen molar-refractivity contribution in [3.05, 3.63) is 54.2 Å². The maximum atomic E-state index is 14.1. The number of unbranched alkanes of at least 4 members (excludes halogenated alkanes) is 1. The number of likely N-dealkylation sites (tertiary alicyclic amines) is 1. The first kappa shape index (κ1) is 17.7. The number of fused-ring (bicyclic) bond motifs is 1. The second kappa shape index (κ2) is 7.51. The van der Waals surface area contributed by atoms with Gasteiger partial charge in [-0.2, -0.15) is 0 Å². The Balaban J connectivity index is 1.63. The summed E-state index contributed by atoms with van der Waals surface area (Å²) < 4.78 is 20.0. The van der Waals surface area contributed by atoms with Crippen LogP contribution in [0.4, 0.5) is 4.39 Å². The molecule has 0 saturated carbocycles. The first-order valence-electron chi connectivity index (χ1n) is 9.62. The van der Waals surface area contributed by atoms with Gasteiger partial charge in [-0.3, -0.25) is 4.79 Å². The molecular formula is C22H23FN2O2. The Morgan fingerprint density at radius 2 is 2.15 bits per heavy atom. The Bertz CT molecular complexity index is 966. The highest BCUT2D eigenvalue weighted by Gasteiger charge is 2.33. The second-order valence-corrected chi connectivity index (χ2v) is 7.06. The lowest BCUT2D eigenvalue weighted by Gasteiger charge is -2.22. The highest BCUT2D eigenvalue weighted by molar-refractivity contribution is 5.81. The zero-order chi connectivity index (χ0) is 18.8. The summed E-state index contributed by atoms with van der Waals surface area (Å²) in [5, 5.41) is 0. The van der Waals surface area contributed by atoms with Crippen LogP contribution in [-0.4, -0.2) is 22.3 Å². The maximum absolute atomic E-state index is 14.1. The summed E-state index contributed by atoms with van der Waals surface area (Å²) in [6.07, 6.45) is 4.31. The molecule has 3 aromatic rings. The van der Waals surface area contributed by atoms with Crippen LogP contribution in [0.25, 0.3) is 22.2 Å². The fourth-order valence-electron chi connectivity index (χ4n) is 3.74. The molecule has 27 heavy (non-hydrogen) atoms. The van der Waals surface area contributed by atoms with E-state index in [1.165, 1.54) is 6.07 Å². The number of hydrogen-bond donors (Lipinski definition) is 0. The standard InChI is InChI=1S/C22H23FN2O2/c1-2-3-10-21(26)25-13-6-9-19(25)22-24-18-14-15(11-12-20(18)27-22)16-7-4-5-8-17(16)23/h4-5,7-8,11-12,14,19H,2-3,6,9-10,13H2,1H3. The van der Waals surface area contributed by atoms with Crippen LogP contribution in [-0.2, 0) is 4.79 Å². The average molecular weight is 366 g/mol. The number of oxazole rings is 1. The average Bonchev–Trinajstić information content (AvgIpc) is 3.32. The van der Waals surface area contributed by atoms with Crippen molar-refractivity contribution in [2.75, 3.05) is 6.54 Å². The molecule has 0 spiro atoms. The van der Waals surface area contributed by atoms with Crippen molar-refractivity contribution < 1.29 is 13.6 Å². The Hall–Kier alpha value is -2.69. The highest BCUT2D eigenvalue weighted by Crippen LogP contribution is 2.35. The van der Waals surface area contributed by atoms with Gasteiger partial charge in [0, 0.05) is 18.5 Å². The van der Waals surface area contributed by atoms with Crippen LogP contribution in [0.2, 0.25) is 0 Å². The molecule has 1 saturated heterocycles. The van der Waals surface area contributed by atoms with E-state index in [1.807, 2.05) is 29.2 Å². The van der Waals surface area contributed by atoms with Crippen molar-refractivity contribution in [1.82, 2.24) is 9.88 Å². The summed E-state index contributed by atoms with van der Waals surface area (Å²) in [5.74, 6) is 0.496. The van der Waals surface area contributed by atoms with Gasteiger partial charge in [0.2, 0.25) is 11.8 Å². The number of carbonyl (C=O) groups excluding carboxylic acids is 1. The van der Waals surface area contributed by atoms with Gasteiger partial charge >= 0.3 is 0 Å². The zero-order valence-corrected chi connectivity index (χ0v) is 15.5. The van der Waals surface area contributed by atoms with Crippen LogP contribution in [0.15, 0.2) is 46.9 Å². The lowest BCUT2D eigenvalue weighted by Crippen LogP contribution is -2.30. The summed E-state index contributed by atoms with van der Waals surface area (Å²) in [4.78, 5) is 19.0. The van der Waals surface area contributed by atoms with E-state index in [-0.39, 0.29) is 17.8 Å². The van der Waals surface area contributed by atoms with E-state index in [1.54, 1.807) is 12.1 Å². The molecule has 4 rings (SSSR count). The number of halogens is 1. The fraction of sp³-hybridized carbons (Fsp3) is 0.364. The van der Waals surface area contributed by atoms with Crippen molar-refractivity contribution in [3.8, 4) is 11.1 Å². The van der Waals surface area contributed by atoms with Crippen molar-refractivity contribution in [2.24, 2.45) is 0 Å². The van der Waals surface area contributed by atoms with E-state index in [4.69, 9.17) is 4.42 Å². The quantitative estimate of drug-likeness (QED) is 0.600. The van der Waals surface area contributed by atoms with E-state index < -0.39 is 0 Å². The minimum atomic E-state index is -0.260. The van der Waals surface area contributed by atoms with Gasteiger partial charge in [0.1, 0.15) is 17.4 Å². The molecule has 2 aromatic carbocycles. The number of amides is 1. The van der Waals surface area contributed by atoms with Crippen LogP contribution in [0.3, 0.4) is 0 Å². The minimum absolute atomic E-state index is 0.0985. The Kier molecular flexibility index (Phi) is 4.92. The van der Waals surface area contributed by atoms with Crippen molar-refractivity contribution >= 4 is 17.0 Å². The third kappa shape index (κ3) is 3.46. The Morgan fingerprint density at radius 1 is 1.30 bits per heavy atom. The third-order valence-corrected chi connectivity index (χ3v) is 5.19. The molecule has 1 aromatic heterocycles. The van der Waals surface area contributed by atoms with Crippen molar-refractivity contribution in [1.29, 1.82) is 0 Å². The van der Waals surface area contributed by atoms with Crippen LogP contribution in [0.1, 0.15) is 51.0 Å². The lowest BCUT2D eigenvalue weighted by atomic mass is 10.0. The Labute approximate surface area is 158 Å². The normalized spacial score (nSPS) is 17.0. The minimum Gasteiger partial charge on any atom is -0.438 e.